The molecule has 0 amide bonds. The Labute approximate surface area is 111 Å². The molecule has 2 heterocycles. The maximum Gasteiger partial charge on any atom is 0.157 e. The van der Waals surface area contributed by atoms with E-state index in [-0.39, 0.29) is 0 Å². The molecule has 0 aliphatic rings. The van der Waals surface area contributed by atoms with Crippen molar-refractivity contribution >= 4 is 0 Å². The topological polar surface area (TPSA) is 43.6 Å². The van der Waals surface area contributed by atoms with Crippen molar-refractivity contribution in [1.82, 2.24) is 19.7 Å². The van der Waals surface area contributed by atoms with Crippen LogP contribution < -0.4 is 0 Å². The highest BCUT2D eigenvalue weighted by molar-refractivity contribution is 5.58. The van der Waals surface area contributed by atoms with Gasteiger partial charge in [0.15, 0.2) is 5.82 Å². The SMILES string of the molecule is Cc1cc(-n2ccc(-c3ccccc3)n2)nc(C)n1. The molecule has 4 nitrogen and oxygen atoms in total. The number of nitrogens with zero attached hydrogens (tertiary/aromatic N) is 4. The van der Waals surface area contributed by atoms with Gasteiger partial charge in [-0.15, -0.1) is 0 Å². The molecule has 94 valence electrons. The normalized spacial score (nSPS) is 10.6. The Balaban J connectivity index is 2.02. The number of benzene rings is 1. The van der Waals surface area contributed by atoms with Crippen molar-refractivity contribution in [1.29, 1.82) is 0 Å². The lowest BCUT2D eigenvalue weighted by atomic mass is 10.2. The van der Waals surface area contributed by atoms with E-state index >= 15 is 0 Å². The van der Waals surface area contributed by atoms with Gasteiger partial charge in [0.05, 0.1) is 5.69 Å². The van der Waals surface area contributed by atoms with Crippen LogP contribution in [0.2, 0.25) is 0 Å². The van der Waals surface area contributed by atoms with E-state index in [9.17, 15) is 0 Å². The van der Waals surface area contributed by atoms with Crippen LogP contribution in [-0.4, -0.2) is 19.7 Å². The summed E-state index contributed by atoms with van der Waals surface area (Å²) >= 11 is 0. The van der Waals surface area contributed by atoms with E-state index in [1.807, 2.05) is 62.5 Å². The van der Waals surface area contributed by atoms with Gasteiger partial charge in [-0.1, -0.05) is 30.3 Å². The molecular weight excluding hydrogens is 236 g/mol. The Bertz CT molecular complexity index is 681. The molecule has 0 spiro atoms. The van der Waals surface area contributed by atoms with E-state index in [1.54, 1.807) is 4.68 Å². The van der Waals surface area contributed by atoms with Crippen LogP contribution >= 0.6 is 0 Å². The smallest absolute Gasteiger partial charge is 0.157 e. The van der Waals surface area contributed by atoms with E-state index in [0.29, 0.717) is 0 Å². The molecule has 0 bridgehead atoms. The van der Waals surface area contributed by atoms with Gasteiger partial charge in [-0.3, -0.25) is 0 Å². The predicted octanol–water partition coefficient (Wildman–Crippen LogP) is 2.95. The monoisotopic (exact) mass is 250 g/mol. The van der Waals surface area contributed by atoms with E-state index in [1.165, 1.54) is 0 Å². The third kappa shape index (κ3) is 2.38. The molecule has 0 saturated heterocycles. The third-order valence-corrected chi connectivity index (χ3v) is 2.85. The fourth-order valence-electron chi connectivity index (χ4n) is 2.03. The molecule has 0 fully saturated rings. The van der Waals surface area contributed by atoms with Crippen molar-refractivity contribution in [3.63, 3.8) is 0 Å². The first kappa shape index (κ1) is 11.6. The van der Waals surface area contributed by atoms with E-state index in [2.05, 4.69) is 15.1 Å². The molecule has 0 aliphatic carbocycles. The molecule has 0 N–H and O–H groups in total. The summed E-state index contributed by atoms with van der Waals surface area (Å²) in [4.78, 5) is 8.67. The highest BCUT2D eigenvalue weighted by atomic mass is 15.3. The van der Waals surface area contributed by atoms with Gasteiger partial charge in [0.2, 0.25) is 0 Å². The maximum atomic E-state index is 4.56. The molecule has 0 atom stereocenters. The summed E-state index contributed by atoms with van der Waals surface area (Å²) in [6.45, 7) is 3.85. The van der Waals surface area contributed by atoms with Crippen molar-refractivity contribution in [2.75, 3.05) is 0 Å². The Morgan fingerprint density at radius 1 is 0.947 bits per heavy atom. The Morgan fingerprint density at radius 2 is 1.74 bits per heavy atom. The van der Waals surface area contributed by atoms with Crippen LogP contribution in [0.1, 0.15) is 11.5 Å². The molecule has 1 aromatic carbocycles. The quantitative estimate of drug-likeness (QED) is 0.702. The minimum Gasteiger partial charge on any atom is -0.238 e. The highest BCUT2D eigenvalue weighted by Gasteiger charge is 2.05. The molecule has 19 heavy (non-hydrogen) atoms. The summed E-state index contributed by atoms with van der Waals surface area (Å²) in [5.74, 6) is 1.55. The zero-order chi connectivity index (χ0) is 13.2. The lowest BCUT2D eigenvalue weighted by Crippen LogP contribution is -2.02. The van der Waals surface area contributed by atoms with Crippen molar-refractivity contribution < 1.29 is 0 Å². The van der Waals surface area contributed by atoms with Crippen LogP contribution in [0.15, 0.2) is 48.7 Å². The van der Waals surface area contributed by atoms with Gasteiger partial charge in [-0.2, -0.15) is 5.10 Å². The molecule has 3 aromatic rings. The van der Waals surface area contributed by atoms with E-state index < -0.39 is 0 Å². The number of rotatable bonds is 2. The molecule has 0 saturated carbocycles. The highest BCUT2D eigenvalue weighted by Crippen LogP contribution is 2.17. The molecule has 0 aliphatic heterocycles. The first-order valence-corrected chi connectivity index (χ1v) is 6.16. The minimum atomic E-state index is 0.756. The molecule has 0 radical (unpaired) electrons. The molecule has 4 heteroatoms. The first-order chi connectivity index (χ1) is 9.22. The average molecular weight is 250 g/mol. The summed E-state index contributed by atoms with van der Waals surface area (Å²) in [5.41, 5.74) is 2.98. The van der Waals surface area contributed by atoms with Crippen molar-refractivity contribution in [2.45, 2.75) is 13.8 Å². The fraction of sp³-hybridized carbons (Fsp3) is 0.133. The second kappa shape index (κ2) is 4.65. The van der Waals surface area contributed by atoms with Crippen LogP contribution in [0.4, 0.5) is 0 Å². The van der Waals surface area contributed by atoms with Crippen molar-refractivity contribution in [3.05, 3.63) is 60.2 Å². The number of aromatic nitrogens is 4. The molecule has 2 aromatic heterocycles. The largest absolute Gasteiger partial charge is 0.238 e. The summed E-state index contributed by atoms with van der Waals surface area (Å²) in [6.07, 6.45) is 1.92. The lowest BCUT2D eigenvalue weighted by Gasteiger charge is -2.03. The van der Waals surface area contributed by atoms with Gasteiger partial charge >= 0.3 is 0 Å². The Morgan fingerprint density at radius 3 is 2.47 bits per heavy atom. The van der Waals surface area contributed by atoms with Gasteiger partial charge in [-0.25, -0.2) is 14.6 Å². The Hall–Kier alpha value is -2.49. The van der Waals surface area contributed by atoms with Gasteiger partial charge < -0.3 is 0 Å². The van der Waals surface area contributed by atoms with Crippen LogP contribution in [0.3, 0.4) is 0 Å². The second-order valence-electron chi connectivity index (χ2n) is 4.43. The van der Waals surface area contributed by atoms with E-state index in [4.69, 9.17) is 0 Å². The van der Waals surface area contributed by atoms with Gasteiger partial charge in [0.25, 0.3) is 0 Å². The van der Waals surface area contributed by atoms with Gasteiger partial charge in [0.1, 0.15) is 5.82 Å². The zero-order valence-corrected chi connectivity index (χ0v) is 10.9. The third-order valence-electron chi connectivity index (χ3n) is 2.85. The Kier molecular flexibility index (Phi) is 2.83. The van der Waals surface area contributed by atoms with Crippen LogP contribution in [0.25, 0.3) is 17.1 Å². The summed E-state index contributed by atoms with van der Waals surface area (Å²) in [6, 6.07) is 14.0. The molecular formula is C15H14N4. The molecule has 0 unspecified atom stereocenters. The lowest BCUT2D eigenvalue weighted by molar-refractivity contribution is 0.825. The van der Waals surface area contributed by atoms with Gasteiger partial charge in [0, 0.05) is 23.5 Å². The van der Waals surface area contributed by atoms with Crippen LogP contribution in [-0.2, 0) is 0 Å². The molecule has 3 rings (SSSR count). The minimum absolute atomic E-state index is 0.756. The maximum absolute atomic E-state index is 4.56. The van der Waals surface area contributed by atoms with Gasteiger partial charge in [-0.05, 0) is 19.9 Å². The van der Waals surface area contributed by atoms with Crippen LogP contribution in [0.5, 0.6) is 0 Å². The number of aryl methyl sites for hydroxylation is 2. The predicted molar refractivity (Wildman–Crippen MR) is 74.1 cm³/mol. The van der Waals surface area contributed by atoms with E-state index in [0.717, 1.165) is 28.6 Å². The summed E-state index contributed by atoms with van der Waals surface area (Å²) in [7, 11) is 0. The number of hydrogen-bond acceptors (Lipinski definition) is 3. The van der Waals surface area contributed by atoms with Crippen molar-refractivity contribution in [3.8, 4) is 17.1 Å². The first-order valence-electron chi connectivity index (χ1n) is 6.16. The number of hydrogen-bond donors (Lipinski definition) is 0. The summed E-state index contributed by atoms with van der Waals surface area (Å²) < 4.78 is 1.78. The zero-order valence-electron chi connectivity index (χ0n) is 10.9. The van der Waals surface area contributed by atoms with Crippen molar-refractivity contribution in [2.24, 2.45) is 0 Å². The summed E-state index contributed by atoms with van der Waals surface area (Å²) in [5, 5.41) is 4.56. The average Bonchev–Trinajstić information content (AvgIpc) is 2.88. The standard InChI is InChI=1S/C15H14N4/c1-11-10-15(17-12(2)16-11)19-9-8-14(18-19)13-6-4-3-5-7-13/h3-10H,1-2H3. The van der Waals surface area contributed by atoms with Crippen LogP contribution in [0, 0.1) is 13.8 Å². The second-order valence-corrected chi connectivity index (χ2v) is 4.43. The fourth-order valence-corrected chi connectivity index (χ4v) is 2.03.